The lowest BCUT2D eigenvalue weighted by Gasteiger charge is -2.15. The minimum Gasteiger partial charge on any atom is -0.310 e. The molecule has 1 aromatic carbocycles. The zero-order valence-electron chi connectivity index (χ0n) is 8.02. The maximum Gasteiger partial charge on any atom is 0.0434 e. The monoisotopic (exact) mass is 239 g/mol. The first-order valence-electron chi connectivity index (χ1n) is 4.63. The normalized spacial score (nSPS) is 18.7. The Balaban J connectivity index is 2.40. The summed E-state index contributed by atoms with van der Waals surface area (Å²) in [6.07, 6.45) is 2.53. The van der Waals surface area contributed by atoms with E-state index in [4.69, 9.17) is 0 Å². The van der Waals surface area contributed by atoms with Crippen LogP contribution in [0.1, 0.15) is 24.0 Å². The molecule has 0 aliphatic heterocycles. The third kappa shape index (κ3) is 1.65. The minimum atomic E-state index is 0.286. The van der Waals surface area contributed by atoms with Crippen molar-refractivity contribution in [3.05, 3.63) is 33.8 Å². The molecule has 0 atom stereocenters. The minimum absolute atomic E-state index is 0.286. The number of halogens is 1. The summed E-state index contributed by atoms with van der Waals surface area (Å²) >= 11 is 3.53. The van der Waals surface area contributed by atoms with E-state index in [-0.39, 0.29) is 5.54 Å². The van der Waals surface area contributed by atoms with Gasteiger partial charge in [0.2, 0.25) is 0 Å². The van der Waals surface area contributed by atoms with E-state index in [1.807, 2.05) is 7.05 Å². The van der Waals surface area contributed by atoms with Gasteiger partial charge in [-0.25, -0.2) is 0 Å². The molecule has 0 heterocycles. The molecule has 1 N–H and O–H groups in total. The standard InChI is InChI=1S/C11H14BrN/c1-8-5-9(7-10(12)6-8)11(13-2)3-4-11/h5-7,13H,3-4H2,1-2H3. The van der Waals surface area contributed by atoms with Gasteiger partial charge >= 0.3 is 0 Å². The second kappa shape index (κ2) is 3.10. The maximum absolute atomic E-state index is 3.53. The van der Waals surface area contributed by atoms with E-state index >= 15 is 0 Å². The van der Waals surface area contributed by atoms with Crippen molar-refractivity contribution in [3.63, 3.8) is 0 Å². The fourth-order valence-electron chi connectivity index (χ4n) is 1.82. The lowest BCUT2D eigenvalue weighted by Crippen LogP contribution is -2.24. The molecule has 1 saturated carbocycles. The first kappa shape index (κ1) is 9.22. The van der Waals surface area contributed by atoms with Gasteiger partial charge in [0.05, 0.1) is 0 Å². The van der Waals surface area contributed by atoms with Crippen LogP contribution in [0.5, 0.6) is 0 Å². The Morgan fingerprint density at radius 1 is 1.31 bits per heavy atom. The van der Waals surface area contributed by atoms with E-state index < -0.39 is 0 Å². The van der Waals surface area contributed by atoms with Crippen LogP contribution >= 0.6 is 15.9 Å². The summed E-state index contributed by atoms with van der Waals surface area (Å²) < 4.78 is 1.18. The van der Waals surface area contributed by atoms with E-state index in [1.165, 1.54) is 28.4 Å². The Bertz CT molecular complexity index is 309. The lowest BCUT2D eigenvalue weighted by molar-refractivity contribution is 0.585. The molecular weight excluding hydrogens is 226 g/mol. The average Bonchev–Trinajstić information content (AvgIpc) is 2.82. The van der Waals surface area contributed by atoms with Gasteiger partial charge in [0, 0.05) is 10.0 Å². The highest BCUT2D eigenvalue weighted by Gasteiger charge is 2.42. The van der Waals surface area contributed by atoms with Crippen molar-refractivity contribution in [1.29, 1.82) is 0 Å². The molecule has 0 saturated heterocycles. The smallest absolute Gasteiger partial charge is 0.0434 e. The number of aryl methyl sites for hydroxylation is 1. The van der Waals surface area contributed by atoms with Crippen molar-refractivity contribution < 1.29 is 0 Å². The largest absolute Gasteiger partial charge is 0.310 e. The van der Waals surface area contributed by atoms with E-state index in [0.717, 1.165) is 0 Å². The molecule has 0 amide bonds. The molecule has 0 aromatic heterocycles. The highest BCUT2D eigenvalue weighted by molar-refractivity contribution is 9.10. The van der Waals surface area contributed by atoms with Gasteiger partial charge in [0.1, 0.15) is 0 Å². The molecule has 0 unspecified atom stereocenters. The average molecular weight is 240 g/mol. The third-order valence-electron chi connectivity index (χ3n) is 2.82. The molecule has 2 rings (SSSR count). The first-order valence-corrected chi connectivity index (χ1v) is 5.42. The molecule has 1 nitrogen and oxygen atoms in total. The molecule has 70 valence electrons. The lowest BCUT2D eigenvalue weighted by atomic mass is 10.0. The topological polar surface area (TPSA) is 12.0 Å². The highest BCUT2D eigenvalue weighted by atomic mass is 79.9. The van der Waals surface area contributed by atoms with E-state index in [0.29, 0.717) is 0 Å². The molecule has 2 heteroatoms. The summed E-state index contributed by atoms with van der Waals surface area (Å²) in [5.41, 5.74) is 3.03. The van der Waals surface area contributed by atoms with Crippen LogP contribution in [-0.2, 0) is 5.54 Å². The zero-order chi connectivity index (χ0) is 9.47. The molecular formula is C11H14BrN. The molecule has 0 bridgehead atoms. The van der Waals surface area contributed by atoms with Gasteiger partial charge in [-0.2, -0.15) is 0 Å². The molecule has 13 heavy (non-hydrogen) atoms. The summed E-state index contributed by atoms with van der Waals surface area (Å²) in [5.74, 6) is 0. The summed E-state index contributed by atoms with van der Waals surface area (Å²) in [6, 6.07) is 6.64. The van der Waals surface area contributed by atoms with Crippen molar-refractivity contribution >= 4 is 15.9 Å². The summed E-state index contributed by atoms with van der Waals surface area (Å²) in [7, 11) is 2.04. The molecule has 1 aromatic rings. The molecule has 1 aliphatic carbocycles. The van der Waals surface area contributed by atoms with Crippen LogP contribution in [0.25, 0.3) is 0 Å². The molecule has 0 spiro atoms. The van der Waals surface area contributed by atoms with Gasteiger partial charge in [-0.1, -0.05) is 22.0 Å². The fourth-order valence-corrected chi connectivity index (χ4v) is 2.43. The first-order chi connectivity index (χ1) is 6.16. The van der Waals surface area contributed by atoms with Gasteiger partial charge in [0.15, 0.2) is 0 Å². The van der Waals surface area contributed by atoms with Crippen molar-refractivity contribution in [2.75, 3.05) is 7.05 Å². The van der Waals surface area contributed by atoms with Crippen LogP contribution in [0.4, 0.5) is 0 Å². The molecule has 0 radical (unpaired) electrons. The van der Waals surface area contributed by atoms with Crippen molar-refractivity contribution in [2.24, 2.45) is 0 Å². The summed E-state index contributed by atoms with van der Waals surface area (Å²) in [6.45, 7) is 2.14. The maximum atomic E-state index is 3.53. The second-order valence-corrected chi connectivity index (χ2v) is 4.77. The van der Waals surface area contributed by atoms with Crippen molar-refractivity contribution in [1.82, 2.24) is 5.32 Å². The van der Waals surface area contributed by atoms with Crippen LogP contribution in [0.3, 0.4) is 0 Å². The number of hydrogen-bond acceptors (Lipinski definition) is 1. The van der Waals surface area contributed by atoms with Crippen molar-refractivity contribution in [3.8, 4) is 0 Å². The Labute approximate surface area is 87.7 Å². The van der Waals surface area contributed by atoms with Gasteiger partial charge in [-0.3, -0.25) is 0 Å². The zero-order valence-corrected chi connectivity index (χ0v) is 9.61. The highest BCUT2D eigenvalue weighted by Crippen LogP contribution is 2.45. The number of benzene rings is 1. The molecule has 1 aliphatic rings. The second-order valence-electron chi connectivity index (χ2n) is 3.85. The Kier molecular flexibility index (Phi) is 2.20. The fraction of sp³-hybridized carbons (Fsp3) is 0.455. The van der Waals surface area contributed by atoms with Crippen LogP contribution in [0.15, 0.2) is 22.7 Å². The van der Waals surface area contributed by atoms with Crippen LogP contribution in [-0.4, -0.2) is 7.05 Å². The Hall–Kier alpha value is -0.340. The number of rotatable bonds is 2. The quantitative estimate of drug-likeness (QED) is 0.837. The van der Waals surface area contributed by atoms with E-state index in [2.05, 4.69) is 46.4 Å². The predicted octanol–water partition coefficient (Wildman–Crippen LogP) is 2.97. The number of hydrogen-bond donors (Lipinski definition) is 1. The third-order valence-corrected chi connectivity index (χ3v) is 3.28. The van der Waals surface area contributed by atoms with Crippen LogP contribution in [0.2, 0.25) is 0 Å². The van der Waals surface area contributed by atoms with Gasteiger partial charge in [-0.05, 0) is 50.1 Å². The van der Waals surface area contributed by atoms with Gasteiger partial charge in [0.25, 0.3) is 0 Å². The SMILES string of the molecule is CNC1(c2cc(C)cc(Br)c2)CC1. The van der Waals surface area contributed by atoms with Crippen molar-refractivity contribution in [2.45, 2.75) is 25.3 Å². The van der Waals surface area contributed by atoms with E-state index in [9.17, 15) is 0 Å². The number of nitrogens with one attached hydrogen (secondary N) is 1. The predicted molar refractivity (Wildman–Crippen MR) is 58.9 cm³/mol. The molecule has 1 fully saturated rings. The Morgan fingerprint density at radius 3 is 2.46 bits per heavy atom. The Morgan fingerprint density at radius 2 is 2.00 bits per heavy atom. The van der Waals surface area contributed by atoms with E-state index in [1.54, 1.807) is 0 Å². The van der Waals surface area contributed by atoms with Crippen LogP contribution < -0.4 is 5.32 Å². The summed E-state index contributed by atoms with van der Waals surface area (Å²) in [4.78, 5) is 0. The summed E-state index contributed by atoms with van der Waals surface area (Å²) in [5, 5.41) is 3.40. The van der Waals surface area contributed by atoms with Gasteiger partial charge < -0.3 is 5.32 Å². The van der Waals surface area contributed by atoms with Gasteiger partial charge in [-0.15, -0.1) is 0 Å². The van der Waals surface area contributed by atoms with Crippen LogP contribution in [0, 0.1) is 6.92 Å².